The highest BCUT2D eigenvalue weighted by atomic mass is 16.2. The fourth-order valence-electron chi connectivity index (χ4n) is 4.41. The van der Waals surface area contributed by atoms with E-state index in [1.54, 1.807) is 6.20 Å². The second-order valence-corrected chi connectivity index (χ2v) is 8.60. The quantitative estimate of drug-likeness (QED) is 0.666. The number of amides is 2. The highest BCUT2D eigenvalue weighted by molar-refractivity contribution is 5.76. The summed E-state index contributed by atoms with van der Waals surface area (Å²) in [5, 5.41) is 10.7. The number of urea groups is 1. The summed E-state index contributed by atoms with van der Waals surface area (Å²) >= 11 is 0. The Bertz CT molecular complexity index is 1040. The van der Waals surface area contributed by atoms with Crippen LogP contribution in [0.2, 0.25) is 0 Å². The summed E-state index contributed by atoms with van der Waals surface area (Å²) < 4.78 is 0. The number of nitrogens with zero attached hydrogens (tertiary/aromatic N) is 7. The zero-order valence-corrected chi connectivity index (χ0v) is 18.5. The molecule has 1 atom stereocenters. The van der Waals surface area contributed by atoms with Crippen molar-refractivity contribution < 1.29 is 4.79 Å². The van der Waals surface area contributed by atoms with Gasteiger partial charge >= 0.3 is 6.03 Å². The van der Waals surface area contributed by atoms with Gasteiger partial charge in [0.2, 0.25) is 0 Å². The number of aromatic amines is 1. The number of aryl methyl sites for hydroxylation is 1. The number of hydrogen-bond donors (Lipinski definition) is 1. The molecule has 0 aromatic carbocycles. The van der Waals surface area contributed by atoms with Crippen LogP contribution in [0.1, 0.15) is 42.0 Å². The van der Waals surface area contributed by atoms with Gasteiger partial charge in [-0.05, 0) is 36.1 Å². The molecule has 9 heteroatoms. The molecule has 2 fully saturated rings. The van der Waals surface area contributed by atoms with Crippen LogP contribution in [-0.4, -0.2) is 74.4 Å². The minimum absolute atomic E-state index is 0.123. The van der Waals surface area contributed by atoms with Gasteiger partial charge in [-0.25, -0.2) is 14.8 Å². The van der Waals surface area contributed by atoms with Gasteiger partial charge in [0, 0.05) is 57.5 Å². The smallest absolute Gasteiger partial charge is 0.320 e. The molecule has 1 N–H and O–H groups in total. The standard InChI is InChI=1S/C23H28N8O/c1-3-16-4-6-21(24-10-16)29(2)22-7-5-17(11-25-22)19-14-31(15-19)23(32)30-9-8-18(13-30)20-12-26-28-27-20/h4-7,10-12,18-19H,3,8-9,13-15H2,1-2H3,(H,26,27,28)/t18-/m0/s1. The van der Waals surface area contributed by atoms with Crippen molar-refractivity contribution in [3.05, 3.63) is 59.7 Å². The number of aromatic nitrogens is 5. The Labute approximate surface area is 187 Å². The van der Waals surface area contributed by atoms with Crippen LogP contribution in [0.15, 0.2) is 42.9 Å². The summed E-state index contributed by atoms with van der Waals surface area (Å²) in [7, 11) is 1.97. The molecule has 2 aliphatic heterocycles. The van der Waals surface area contributed by atoms with Crippen LogP contribution in [0, 0.1) is 0 Å². The Morgan fingerprint density at radius 3 is 2.41 bits per heavy atom. The lowest BCUT2D eigenvalue weighted by Gasteiger charge is -2.41. The molecule has 0 aliphatic carbocycles. The molecule has 0 spiro atoms. The first-order chi connectivity index (χ1) is 15.6. The van der Waals surface area contributed by atoms with Gasteiger partial charge in [0.25, 0.3) is 0 Å². The molecule has 0 unspecified atom stereocenters. The molecule has 2 aliphatic rings. The molecule has 32 heavy (non-hydrogen) atoms. The molecular formula is C23H28N8O. The second-order valence-electron chi connectivity index (χ2n) is 8.60. The van der Waals surface area contributed by atoms with Crippen molar-refractivity contribution in [2.24, 2.45) is 0 Å². The Balaban J connectivity index is 1.15. The molecule has 2 saturated heterocycles. The van der Waals surface area contributed by atoms with Gasteiger partial charge in [0.15, 0.2) is 0 Å². The number of hydrogen-bond acceptors (Lipinski definition) is 6. The highest BCUT2D eigenvalue weighted by Gasteiger charge is 2.37. The molecular weight excluding hydrogens is 404 g/mol. The summed E-state index contributed by atoms with van der Waals surface area (Å²) in [4.78, 5) is 27.9. The van der Waals surface area contributed by atoms with Crippen molar-refractivity contribution in [2.45, 2.75) is 31.6 Å². The number of carbonyl (C=O) groups excluding carboxylic acids is 1. The zero-order chi connectivity index (χ0) is 22.1. The van der Waals surface area contributed by atoms with Gasteiger partial charge in [0.05, 0.1) is 11.9 Å². The average molecular weight is 433 g/mol. The first-order valence-corrected chi connectivity index (χ1v) is 11.2. The minimum atomic E-state index is 0.123. The van der Waals surface area contributed by atoms with Crippen molar-refractivity contribution in [1.82, 2.24) is 35.2 Å². The van der Waals surface area contributed by atoms with E-state index >= 15 is 0 Å². The molecule has 3 aromatic rings. The number of H-pyrrole nitrogens is 1. The number of rotatable bonds is 5. The maximum Gasteiger partial charge on any atom is 0.320 e. The van der Waals surface area contributed by atoms with Gasteiger partial charge in [-0.2, -0.15) is 15.4 Å². The molecule has 5 rings (SSSR count). The molecule has 0 radical (unpaired) electrons. The maximum absolute atomic E-state index is 12.8. The van der Waals surface area contributed by atoms with Crippen LogP contribution in [0.5, 0.6) is 0 Å². The van der Waals surface area contributed by atoms with E-state index in [1.165, 1.54) is 11.1 Å². The van der Waals surface area contributed by atoms with E-state index in [9.17, 15) is 4.79 Å². The predicted octanol–water partition coefficient (Wildman–Crippen LogP) is 2.93. The third-order valence-electron chi connectivity index (χ3n) is 6.61. The van der Waals surface area contributed by atoms with Crippen LogP contribution in [0.4, 0.5) is 16.4 Å². The van der Waals surface area contributed by atoms with Gasteiger partial charge < -0.3 is 14.7 Å². The third kappa shape index (κ3) is 3.90. The van der Waals surface area contributed by atoms with Crippen molar-refractivity contribution in [3.8, 4) is 0 Å². The highest BCUT2D eigenvalue weighted by Crippen LogP contribution is 2.31. The topological polar surface area (TPSA) is 94.1 Å². The van der Waals surface area contributed by atoms with E-state index in [2.05, 4.69) is 44.4 Å². The van der Waals surface area contributed by atoms with E-state index in [1.807, 2.05) is 46.3 Å². The Kier molecular flexibility index (Phi) is 5.46. The lowest BCUT2D eigenvalue weighted by Crippen LogP contribution is -2.53. The summed E-state index contributed by atoms with van der Waals surface area (Å²) in [6.45, 7) is 5.08. The van der Waals surface area contributed by atoms with Crippen LogP contribution < -0.4 is 4.90 Å². The SMILES string of the molecule is CCc1ccc(N(C)c2ccc(C3CN(C(=O)N4CC[C@H](c5cn[nH]n5)C4)C3)cn2)nc1. The van der Waals surface area contributed by atoms with E-state index in [4.69, 9.17) is 0 Å². The summed E-state index contributed by atoms with van der Waals surface area (Å²) in [5.74, 6) is 2.34. The number of carbonyl (C=O) groups is 1. The van der Waals surface area contributed by atoms with Crippen LogP contribution in [0.25, 0.3) is 0 Å². The van der Waals surface area contributed by atoms with Gasteiger partial charge in [-0.15, -0.1) is 0 Å². The van der Waals surface area contributed by atoms with Crippen LogP contribution in [0.3, 0.4) is 0 Å². The largest absolute Gasteiger partial charge is 0.324 e. The fraction of sp³-hybridized carbons (Fsp3) is 0.435. The maximum atomic E-state index is 12.8. The Hall–Kier alpha value is -3.49. The lowest BCUT2D eigenvalue weighted by molar-refractivity contribution is 0.121. The van der Waals surface area contributed by atoms with Gasteiger partial charge in [-0.1, -0.05) is 19.1 Å². The summed E-state index contributed by atoms with van der Waals surface area (Å²) in [6, 6.07) is 8.38. The molecule has 5 heterocycles. The van der Waals surface area contributed by atoms with Crippen LogP contribution >= 0.6 is 0 Å². The van der Waals surface area contributed by atoms with Crippen molar-refractivity contribution in [3.63, 3.8) is 0 Å². The number of anilines is 2. The average Bonchev–Trinajstić information content (AvgIpc) is 3.50. The molecule has 3 aromatic heterocycles. The number of nitrogens with one attached hydrogen (secondary N) is 1. The minimum Gasteiger partial charge on any atom is -0.324 e. The molecule has 0 bridgehead atoms. The monoisotopic (exact) mass is 432 g/mol. The second kappa shape index (κ2) is 8.57. The van der Waals surface area contributed by atoms with Crippen molar-refractivity contribution in [1.29, 1.82) is 0 Å². The van der Waals surface area contributed by atoms with Gasteiger partial charge in [0.1, 0.15) is 11.6 Å². The Morgan fingerprint density at radius 2 is 1.78 bits per heavy atom. The van der Waals surface area contributed by atoms with Crippen molar-refractivity contribution >= 4 is 17.7 Å². The van der Waals surface area contributed by atoms with Gasteiger partial charge in [-0.3, -0.25) is 0 Å². The third-order valence-corrected chi connectivity index (χ3v) is 6.61. The van der Waals surface area contributed by atoms with E-state index in [-0.39, 0.29) is 11.9 Å². The van der Waals surface area contributed by atoms with Crippen molar-refractivity contribution in [2.75, 3.05) is 38.1 Å². The first-order valence-electron chi connectivity index (χ1n) is 11.2. The summed E-state index contributed by atoms with van der Waals surface area (Å²) in [5.41, 5.74) is 3.33. The first kappa shape index (κ1) is 20.4. The number of likely N-dealkylation sites (tertiary alicyclic amines) is 2. The van der Waals surface area contributed by atoms with E-state index in [0.717, 1.165) is 49.8 Å². The predicted molar refractivity (Wildman–Crippen MR) is 121 cm³/mol. The molecule has 9 nitrogen and oxygen atoms in total. The Morgan fingerprint density at radius 1 is 1.03 bits per heavy atom. The fourth-order valence-corrected chi connectivity index (χ4v) is 4.41. The zero-order valence-electron chi connectivity index (χ0n) is 18.5. The summed E-state index contributed by atoms with van der Waals surface area (Å²) in [6.07, 6.45) is 7.50. The number of pyridine rings is 2. The van der Waals surface area contributed by atoms with E-state index in [0.29, 0.717) is 12.5 Å². The van der Waals surface area contributed by atoms with Crippen LogP contribution in [-0.2, 0) is 6.42 Å². The lowest BCUT2D eigenvalue weighted by atomic mass is 9.93. The molecule has 2 amide bonds. The molecule has 166 valence electrons. The van der Waals surface area contributed by atoms with E-state index < -0.39 is 0 Å². The normalized spacial score (nSPS) is 18.6. The molecule has 0 saturated carbocycles.